The first-order chi connectivity index (χ1) is 25.1. The second-order valence-electron chi connectivity index (χ2n) is 13.6. The van der Waals surface area contributed by atoms with E-state index in [1.165, 1.54) is 11.2 Å². The van der Waals surface area contributed by atoms with E-state index in [2.05, 4.69) is 37.8 Å². The van der Waals surface area contributed by atoms with E-state index >= 15 is 0 Å². The van der Waals surface area contributed by atoms with E-state index < -0.39 is 18.0 Å². The van der Waals surface area contributed by atoms with Gasteiger partial charge in [0.25, 0.3) is 5.91 Å². The molecule has 0 aliphatic carbocycles. The number of nitrogens with zero attached hydrogens (tertiary/aromatic N) is 3. The number of aromatic nitrogens is 1. The summed E-state index contributed by atoms with van der Waals surface area (Å²) in [5, 5.41) is 2.92. The number of rotatable bonds is 5. The van der Waals surface area contributed by atoms with Crippen molar-refractivity contribution in [2.75, 3.05) is 45.9 Å². The molecule has 2 amide bonds. The number of ether oxygens (including phenoxy) is 3. The van der Waals surface area contributed by atoms with Crippen LogP contribution >= 0.6 is 22.6 Å². The zero-order valence-electron chi connectivity index (χ0n) is 30.2. The van der Waals surface area contributed by atoms with Crippen LogP contribution in [-0.4, -0.2) is 101 Å². The SMILES string of the molecule is CC[C@H]1OC(=O)C2=CCN(C2)C(=O)c2coc(n2)CC(I)C[C@H](OC(=O)c2ccc(CN3CCOCC3)cc2)/C=C(C)/C=C/CNC(=O)CC[C@H]1C. The lowest BCUT2D eigenvalue weighted by atomic mass is 9.96. The van der Waals surface area contributed by atoms with Gasteiger partial charge in [-0.15, -0.1) is 0 Å². The average molecular weight is 829 g/mol. The third-order valence-electron chi connectivity index (χ3n) is 9.45. The standard InChI is InChI=1S/C39H49IN4O8/c1-4-34-27(3)7-12-35(45)41-14-5-6-26(2)20-32(51-38(47)29-10-8-28(9-11-29)23-43-16-18-49-19-17-43)21-31(40)22-36-42-33(25-50-36)37(46)44-15-13-30(24-44)39(48)52-34/h5-6,8-11,13,20,25,27,31-32,34H,4,7,12,14-19,21-24H2,1-3H3,(H,41,45)/b6-5+,26-20+/t27-,31?,32-,34-/m1/s1. The van der Waals surface area contributed by atoms with E-state index in [1.54, 1.807) is 18.2 Å². The van der Waals surface area contributed by atoms with Crippen molar-refractivity contribution >= 4 is 46.3 Å². The number of morpholine rings is 1. The number of cyclic esters (lactones) is 1. The van der Waals surface area contributed by atoms with Crippen LogP contribution in [0.1, 0.15) is 78.8 Å². The van der Waals surface area contributed by atoms with Gasteiger partial charge >= 0.3 is 11.9 Å². The molecule has 1 aromatic heterocycles. The van der Waals surface area contributed by atoms with Gasteiger partial charge in [0.05, 0.1) is 30.9 Å². The van der Waals surface area contributed by atoms with Crippen LogP contribution in [0.4, 0.5) is 0 Å². The van der Waals surface area contributed by atoms with Gasteiger partial charge in [-0.05, 0) is 49.5 Å². The van der Waals surface area contributed by atoms with Crippen molar-refractivity contribution in [1.82, 2.24) is 20.1 Å². The van der Waals surface area contributed by atoms with E-state index in [1.807, 2.05) is 51.1 Å². The first kappa shape index (κ1) is 39.4. The predicted molar refractivity (Wildman–Crippen MR) is 203 cm³/mol. The second kappa shape index (κ2) is 19.3. The second-order valence-corrected chi connectivity index (χ2v) is 15.4. The van der Waals surface area contributed by atoms with Gasteiger partial charge in [-0.25, -0.2) is 14.6 Å². The monoisotopic (exact) mass is 828 g/mol. The minimum atomic E-state index is -0.565. The third-order valence-corrected chi connectivity index (χ3v) is 10.4. The van der Waals surface area contributed by atoms with Crippen molar-refractivity contribution in [3.8, 4) is 0 Å². The number of hydrogen-bond donors (Lipinski definition) is 1. The molecule has 1 N–H and O–H groups in total. The van der Waals surface area contributed by atoms with Crippen LogP contribution < -0.4 is 5.32 Å². The molecule has 0 radical (unpaired) electrons. The molecule has 2 aromatic rings. The molecule has 4 atom stereocenters. The van der Waals surface area contributed by atoms with Crippen molar-refractivity contribution in [2.24, 2.45) is 5.92 Å². The predicted octanol–water partition coefficient (Wildman–Crippen LogP) is 5.22. The van der Waals surface area contributed by atoms with Crippen molar-refractivity contribution in [3.63, 3.8) is 0 Å². The molecule has 13 heteroatoms. The molecule has 3 aliphatic heterocycles. The quantitative estimate of drug-likeness (QED) is 0.243. The molecule has 5 rings (SSSR count). The largest absolute Gasteiger partial charge is 0.459 e. The molecule has 52 heavy (non-hydrogen) atoms. The fourth-order valence-electron chi connectivity index (χ4n) is 6.38. The van der Waals surface area contributed by atoms with E-state index in [-0.39, 0.29) is 46.5 Å². The minimum absolute atomic E-state index is 0.0337. The number of esters is 2. The number of carbonyl (C=O) groups is 4. The summed E-state index contributed by atoms with van der Waals surface area (Å²) in [6.45, 7) is 10.6. The van der Waals surface area contributed by atoms with Gasteiger partial charge in [0.15, 0.2) is 11.6 Å². The number of benzene rings is 1. The highest BCUT2D eigenvalue weighted by atomic mass is 127. The first-order valence-corrected chi connectivity index (χ1v) is 19.3. The van der Waals surface area contributed by atoms with Gasteiger partial charge in [0, 0.05) is 55.9 Å². The Hall–Kier alpha value is -3.82. The Kier molecular flexibility index (Phi) is 14.6. The zero-order chi connectivity index (χ0) is 37.0. The maximum absolute atomic E-state index is 13.4. The molecule has 0 spiro atoms. The molecular formula is C39H49IN4O8. The van der Waals surface area contributed by atoms with Crippen LogP contribution in [0.3, 0.4) is 0 Å². The highest BCUT2D eigenvalue weighted by Crippen LogP contribution is 2.23. The molecule has 1 unspecified atom stereocenters. The number of hydrogen-bond acceptors (Lipinski definition) is 10. The number of alkyl halides is 1. The lowest BCUT2D eigenvalue weighted by molar-refractivity contribution is -0.147. The molecule has 4 bridgehead atoms. The van der Waals surface area contributed by atoms with Crippen LogP contribution in [0.5, 0.6) is 0 Å². The summed E-state index contributed by atoms with van der Waals surface area (Å²) in [5.74, 6) is -0.953. The van der Waals surface area contributed by atoms with Gasteiger partial charge in [0.1, 0.15) is 18.5 Å². The summed E-state index contributed by atoms with van der Waals surface area (Å²) >= 11 is 2.28. The molecule has 1 fully saturated rings. The highest BCUT2D eigenvalue weighted by molar-refractivity contribution is 14.1. The Morgan fingerprint density at radius 2 is 1.90 bits per heavy atom. The van der Waals surface area contributed by atoms with Crippen LogP contribution in [0.2, 0.25) is 0 Å². The summed E-state index contributed by atoms with van der Waals surface area (Å²) in [5.41, 5.74) is 3.03. The summed E-state index contributed by atoms with van der Waals surface area (Å²) in [6.07, 6.45) is 10.1. The van der Waals surface area contributed by atoms with Gasteiger partial charge in [-0.1, -0.05) is 72.4 Å². The van der Waals surface area contributed by atoms with E-state index in [4.69, 9.17) is 18.6 Å². The zero-order valence-corrected chi connectivity index (χ0v) is 32.3. The van der Waals surface area contributed by atoms with Crippen LogP contribution in [0, 0.1) is 5.92 Å². The van der Waals surface area contributed by atoms with Gasteiger partial charge in [-0.3, -0.25) is 14.5 Å². The number of nitrogens with one attached hydrogen (secondary N) is 1. The fourth-order valence-corrected chi connectivity index (χ4v) is 7.26. The van der Waals surface area contributed by atoms with Crippen LogP contribution in [-0.2, 0) is 36.8 Å². The number of carbonyl (C=O) groups excluding carboxylic acids is 4. The fraction of sp³-hybridized carbons (Fsp3) is 0.513. The average Bonchev–Trinajstić information content (AvgIpc) is 3.82. The maximum Gasteiger partial charge on any atom is 0.338 e. The summed E-state index contributed by atoms with van der Waals surface area (Å²) in [4.78, 5) is 60.6. The number of fused-ring (bicyclic) bond motifs is 4. The van der Waals surface area contributed by atoms with Crippen molar-refractivity contribution in [2.45, 2.75) is 75.6 Å². The smallest absolute Gasteiger partial charge is 0.338 e. The Balaban J connectivity index is 1.29. The lowest BCUT2D eigenvalue weighted by Crippen LogP contribution is -2.35. The van der Waals surface area contributed by atoms with E-state index in [0.29, 0.717) is 55.7 Å². The molecule has 280 valence electrons. The minimum Gasteiger partial charge on any atom is -0.459 e. The number of amides is 2. The summed E-state index contributed by atoms with van der Waals surface area (Å²) in [6, 6.07) is 7.52. The Morgan fingerprint density at radius 1 is 1.13 bits per heavy atom. The van der Waals surface area contributed by atoms with Gasteiger partial charge < -0.3 is 28.8 Å². The summed E-state index contributed by atoms with van der Waals surface area (Å²) < 4.78 is 23.0. The molecule has 0 saturated carbocycles. The summed E-state index contributed by atoms with van der Waals surface area (Å²) in [7, 11) is 0. The highest BCUT2D eigenvalue weighted by Gasteiger charge is 2.30. The van der Waals surface area contributed by atoms with Crippen molar-refractivity contribution in [1.29, 1.82) is 0 Å². The molecule has 1 aromatic carbocycles. The Morgan fingerprint density at radius 3 is 2.65 bits per heavy atom. The number of halogens is 1. The maximum atomic E-state index is 13.4. The van der Waals surface area contributed by atoms with Crippen molar-refractivity contribution in [3.05, 3.63) is 88.7 Å². The first-order valence-electron chi connectivity index (χ1n) is 18.1. The number of allylic oxidation sites excluding steroid dienone is 2. The van der Waals surface area contributed by atoms with Gasteiger partial charge in [0.2, 0.25) is 5.91 Å². The molecule has 3 aliphatic rings. The van der Waals surface area contributed by atoms with E-state index in [0.717, 1.165) is 44.0 Å². The molecular weight excluding hydrogens is 779 g/mol. The van der Waals surface area contributed by atoms with Crippen LogP contribution in [0.15, 0.2) is 70.4 Å². The third kappa shape index (κ3) is 11.6. The molecule has 12 nitrogen and oxygen atoms in total. The Bertz CT molecular complexity index is 1650. The van der Waals surface area contributed by atoms with Crippen molar-refractivity contribution < 1.29 is 37.8 Å². The molecule has 1 saturated heterocycles. The van der Waals surface area contributed by atoms with Gasteiger partial charge in [-0.2, -0.15) is 0 Å². The Labute approximate surface area is 319 Å². The lowest BCUT2D eigenvalue weighted by Gasteiger charge is -2.26. The topological polar surface area (TPSA) is 141 Å². The molecule has 4 heterocycles. The number of oxazole rings is 1. The van der Waals surface area contributed by atoms with E-state index in [9.17, 15) is 19.2 Å². The van der Waals surface area contributed by atoms with Crippen LogP contribution in [0.25, 0.3) is 0 Å². The normalized spacial score (nSPS) is 26.3.